The van der Waals surface area contributed by atoms with Gasteiger partial charge >= 0.3 is 0 Å². The van der Waals surface area contributed by atoms with Crippen molar-refractivity contribution in [3.63, 3.8) is 0 Å². The topological polar surface area (TPSA) is 39.0 Å². The predicted octanol–water partition coefficient (Wildman–Crippen LogP) is 1.25. The fourth-order valence-corrected chi connectivity index (χ4v) is 3.88. The summed E-state index contributed by atoms with van der Waals surface area (Å²) in [6.07, 6.45) is 6.42. The summed E-state index contributed by atoms with van der Waals surface area (Å²) in [5.74, 6) is 0. The smallest absolute Gasteiger partial charge is 0.209 e. The van der Waals surface area contributed by atoms with E-state index in [4.69, 9.17) is 0 Å². The number of aliphatic hydroxyl groups excluding tert-OH is 1. The second kappa shape index (κ2) is 7.37. The van der Waals surface area contributed by atoms with Crippen LogP contribution >= 0.6 is 0 Å². The molecule has 0 spiro atoms. The molecule has 134 valence electrons. The monoisotopic (exact) mass is 458 g/mol. The molecular weight excluding hydrogens is 435 g/mol. The van der Waals surface area contributed by atoms with Crippen LogP contribution in [-0.2, 0) is 5.41 Å². The van der Waals surface area contributed by atoms with Crippen molar-refractivity contribution < 1.29 is 33.7 Å². The van der Waals surface area contributed by atoms with Crippen LogP contribution in [0.25, 0.3) is 17.0 Å². The fourth-order valence-electron chi connectivity index (χ4n) is 3.88. The first-order valence-electron chi connectivity index (χ1n) is 8.72. The minimum atomic E-state index is -0.0889. The summed E-state index contributed by atoms with van der Waals surface area (Å²) in [7, 11) is 0. The van der Waals surface area contributed by atoms with Crippen molar-refractivity contribution in [1.82, 2.24) is 4.98 Å². The Labute approximate surface area is 171 Å². The van der Waals surface area contributed by atoms with E-state index in [1.165, 1.54) is 27.9 Å². The van der Waals surface area contributed by atoms with E-state index in [9.17, 15) is 5.11 Å². The van der Waals surface area contributed by atoms with Crippen LogP contribution < -0.4 is 24.0 Å². The number of nitrogens with one attached hydrogen (secondary N) is 1. The average molecular weight is 458 g/mol. The second-order valence-corrected chi connectivity index (χ2v) is 7.03. The summed E-state index contributed by atoms with van der Waals surface area (Å²) in [6.45, 7) is 5.24. The lowest BCUT2D eigenvalue weighted by atomic mass is 9.81. The van der Waals surface area contributed by atoms with E-state index in [1.807, 2.05) is 12.3 Å². The Hall–Kier alpha value is -1.92. The number of allylic oxidation sites excluding steroid dienone is 1. The fraction of sp³-hybridized carbons (Fsp3) is 0.227. The van der Waals surface area contributed by atoms with Gasteiger partial charge in [0.25, 0.3) is 0 Å². The molecular formula is C22H23IN2O. The summed E-state index contributed by atoms with van der Waals surface area (Å²) in [5, 5.41) is 10.8. The van der Waals surface area contributed by atoms with Gasteiger partial charge in [0, 0.05) is 34.8 Å². The van der Waals surface area contributed by atoms with Gasteiger partial charge in [0.1, 0.15) is 6.61 Å². The van der Waals surface area contributed by atoms with Gasteiger partial charge in [-0.3, -0.25) is 0 Å². The molecule has 0 amide bonds. The average Bonchev–Trinajstić information content (AvgIpc) is 3.12. The predicted molar refractivity (Wildman–Crippen MR) is 104 cm³/mol. The zero-order chi connectivity index (χ0) is 17.4. The van der Waals surface area contributed by atoms with Gasteiger partial charge in [0.2, 0.25) is 5.69 Å². The van der Waals surface area contributed by atoms with E-state index in [0.717, 1.165) is 5.52 Å². The van der Waals surface area contributed by atoms with Gasteiger partial charge in [-0.15, -0.1) is 0 Å². The molecule has 1 aliphatic heterocycles. The number of aliphatic hydroxyl groups is 1. The maximum atomic E-state index is 9.55. The molecule has 0 bridgehead atoms. The lowest BCUT2D eigenvalue weighted by Crippen LogP contribution is -3.00. The third kappa shape index (κ3) is 3.01. The highest BCUT2D eigenvalue weighted by Crippen LogP contribution is 2.39. The SMILES string of the molecule is CC1(C)C(/C=C/c2c[nH]c3ccccc23)=[N+](CCO)c2ccccc21.[I-]. The first kappa shape index (κ1) is 18.9. The molecule has 3 nitrogen and oxygen atoms in total. The molecule has 0 radical (unpaired) electrons. The number of nitrogens with zero attached hydrogens (tertiary/aromatic N) is 1. The molecule has 26 heavy (non-hydrogen) atoms. The Kier molecular flexibility index (Phi) is 5.34. The number of halogens is 1. The number of aromatic amines is 1. The van der Waals surface area contributed by atoms with Crippen molar-refractivity contribution in [3.05, 3.63) is 71.9 Å². The molecule has 0 fully saturated rings. The van der Waals surface area contributed by atoms with Crippen LogP contribution in [0.2, 0.25) is 0 Å². The highest BCUT2D eigenvalue weighted by molar-refractivity contribution is 6.06. The number of benzene rings is 2. The summed E-state index contributed by atoms with van der Waals surface area (Å²) >= 11 is 0. The highest BCUT2D eigenvalue weighted by Gasteiger charge is 2.43. The zero-order valence-corrected chi connectivity index (χ0v) is 17.2. The summed E-state index contributed by atoms with van der Waals surface area (Å²) in [5.41, 5.74) is 5.95. The summed E-state index contributed by atoms with van der Waals surface area (Å²) in [4.78, 5) is 3.32. The number of hydrogen-bond acceptors (Lipinski definition) is 1. The molecule has 4 rings (SSSR count). The molecule has 3 aromatic rings. The first-order valence-corrected chi connectivity index (χ1v) is 8.72. The molecule has 0 atom stereocenters. The molecule has 2 N–H and O–H groups in total. The Bertz CT molecular complexity index is 998. The van der Waals surface area contributed by atoms with Gasteiger partial charge in [-0.25, -0.2) is 0 Å². The third-order valence-corrected chi connectivity index (χ3v) is 5.16. The molecule has 0 saturated carbocycles. The zero-order valence-electron chi connectivity index (χ0n) is 15.0. The largest absolute Gasteiger partial charge is 1.00 e. The Morgan fingerprint density at radius 2 is 1.77 bits per heavy atom. The molecule has 2 heterocycles. The summed E-state index contributed by atoms with van der Waals surface area (Å²) < 4.78 is 2.24. The quantitative estimate of drug-likeness (QED) is 0.449. The van der Waals surface area contributed by atoms with Crippen LogP contribution in [0.5, 0.6) is 0 Å². The van der Waals surface area contributed by atoms with Crippen LogP contribution in [-0.4, -0.2) is 33.5 Å². The minimum Gasteiger partial charge on any atom is -1.00 e. The minimum absolute atomic E-state index is 0. The first-order chi connectivity index (χ1) is 12.1. The van der Waals surface area contributed by atoms with Crippen molar-refractivity contribution in [2.45, 2.75) is 19.3 Å². The Morgan fingerprint density at radius 1 is 1.04 bits per heavy atom. The lowest BCUT2D eigenvalue weighted by molar-refractivity contribution is -0.440. The molecule has 2 aromatic carbocycles. The molecule has 1 aliphatic rings. The van der Waals surface area contributed by atoms with Crippen LogP contribution in [0, 0.1) is 0 Å². The molecule has 4 heteroatoms. The highest BCUT2D eigenvalue weighted by atomic mass is 127. The van der Waals surface area contributed by atoms with E-state index in [0.29, 0.717) is 6.54 Å². The maximum absolute atomic E-state index is 9.55. The van der Waals surface area contributed by atoms with Crippen molar-refractivity contribution >= 4 is 28.4 Å². The van der Waals surface area contributed by atoms with Gasteiger partial charge in [0.05, 0.1) is 5.41 Å². The van der Waals surface area contributed by atoms with E-state index in [1.54, 1.807) is 0 Å². The van der Waals surface area contributed by atoms with Crippen LogP contribution in [0.4, 0.5) is 5.69 Å². The van der Waals surface area contributed by atoms with E-state index in [-0.39, 0.29) is 36.0 Å². The standard InChI is InChI=1S/C22H22N2O.HI/c1-22(2)18-8-4-6-10-20(18)24(13-14-25)21(22)12-11-16-15-23-19-9-5-3-7-17(16)19;/h3-12,15,25H,13-14H2,1-2H3;1H. The number of para-hydroxylation sites is 2. The van der Waals surface area contributed by atoms with Crippen molar-refractivity contribution in [2.75, 3.05) is 13.2 Å². The summed E-state index contributed by atoms with van der Waals surface area (Å²) in [6, 6.07) is 16.8. The lowest BCUT2D eigenvalue weighted by Gasteiger charge is -2.15. The van der Waals surface area contributed by atoms with Crippen LogP contribution in [0.1, 0.15) is 25.0 Å². The van der Waals surface area contributed by atoms with Crippen molar-refractivity contribution in [1.29, 1.82) is 0 Å². The number of hydrogen-bond donors (Lipinski definition) is 2. The maximum Gasteiger partial charge on any atom is 0.209 e. The van der Waals surface area contributed by atoms with Crippen molar-refractivity contribution in [2.24, 2.45) is 0 Å². The van der Waals surface area contributed by atoms with Gasteiger partial charge < -0.3 is 34.1 Å². The third-order valence-electron chi connectivity index (χ3n) is 5.16. The molecule has 0 unspecified atom stereocenters. The van der Waals surface area contributed by atoms with E-state index < -0.39 is 0 Å². The second-order valence-electron chi connectivity index (χ2n) is 7.03. The number of fused-ring (bicyclic) bond motifs is 2. The van der Waals surface area contributed by atoms with Gasteiger partial charge in [-0.2, -0.15) is 4.58 Å². The number of H-pyrrole nitrogens is 1. The van der Waals surface area contributed by atoms with Gasteiger partial charge in [0.15, 0.2) is 12.3 Å². The van der Waals surface area contributed by atoms with E-state index >= 15 is 0 Å². The number of β-amino-alcohol motifs (C(OH)–C–C–N with tert-alkyl or cyclic N) is 1. The number of rotatable bonds is 4. The Morgan fingerprint density at radius 3 is 2.58 bits per heavy atom. The normalized spacial score (nSPS) is 15.5. The molecule has 1 aromatic heterocycles. The van der Waals surface area contributed by atoms with Crippen LogP contribution in [0.3, 0.4) is 0 Å². The van der Waals surface area contributed by atoms with Gasteiger partial charge in [-0.1, -0.05) is 36.4 Å². The molecule has 0 aliphatic carbocycles. The Balaban J connectivity index is 0.00000196. The van der Waals surface area contributed by atoms with Crippen molar-refractivity contribution in [3.8, 4) is 0 Å². The van der Waals surface area contributed by atoms with E-state index in [2.05, 4.69) is 78.0 Å². The van der Waals surface area contributed by atoms with Gasteiger partial charge in [-0.05, 0) is 31.6 Å². The van der Waals surface area contributed by atoms with Crippen LogP contribution in [0.15, 0.2) is 60.8 Å². The number of aromatic nitrogens is 1. The molecule has 0 saturated heterocycles.